The van der Waals surface area contributed by atoms with Gasteiger partial charge in [-0.1, -0.05) is 12.1 Å². The minimum absolute atomic E-state index is 0.0533. The first-order valence-electron chi connectivity index (χ1n) is 10.6. The molecule has 0 atom stereocenters. The van der Waals surface area contributed by atoms with Gasteiger partial charge in [-0.05, 0) is 51.5 Å². The minimum atomic E-state index is -2.89. The Kier molecular flexibility index (Phi) is 6.30. The third-order valence-electron chi connectivity index (χ3n) is 4.99. The molecule has 1 N–H and O–H groups in total. The van der Waals surface area contributed by atoms with Crippen LogP contribution in [0, 0.1) is 5.95 Å². The van der Waals surface area contributed by atoms with Gasteiger partial charge >= 0.3 is 6.61 Å². The zero-order valence-electron chi connectivity index (χ0n) is 19.2. The van der Waals surface area contributed by atoms with Gasteiger partial charge in [0.15, 0.2) is 5.82 Å². The Labute approximate surface area is 195 Å². The molecular formula is C23H25F3N6O2. The number of benzene rings is 1. The molecular weight excluding hydrogens is 449 g/mol. The van der Waals surface area contributed by atoms with Gasteiger partial charge in [0.1, 0.15) is 11.6 Å². The normalized spacial score (nSPS) is 17.0. The zero-order chi connectivity index (χ0) is 24.5. The molecule has 0 aliphatic carbocycles. The van der Waals surface area contributed by atoms with Crippen LogP contribution < -0.4 is 15.0 Å². The van der Waals surface area contributed by atoms with Crippen LogP contribution in [-0.4, -0.2) is 51.1 Å². The van der Waals surface area contributed by atoms with E-state index in [0.717, 1.165) is 0 Å². The maximum atomic E-state index is 14.4. The first-order chi connectivity index (χ1) is 16.0. The van der Waals surface area contributed by atoms with Gasteiger partial charge in [0, 0.05) is 24.7 Å². The van der Waals surface area contributed by atoms with Crippen molar-refractivity contribution in [2.45, 2.75) is 45.5 Å². The fourth-order valence-corrected chi connectivity index (χ4v) is 4.09. The van der Waals surface area contributed by atoms with Gasteiger partial charge < -0.3 is 19.7 Å². The number of hydrogen-bond acceptors (Lipinski definition) is 8. The van der Waals surface area contributed by atoms with Crippen molar-refractivity contribution < 1.29 is 22.6 Å². The highest BCUT2D eigenvalue weighted by Crippen LogP contribution is 2.31. The summed E-state index contributed by atoms with van der Waals surface area (Å²) in [6.45, 7) is 5.97. The van der Waals surface area contributed by atoms with Crippen molar-refractivity contribution in [2.75, 3.05) is 23.3 Å². The van der Waals surface area contributed by atoms with E-state index in [0.29, 0.717) is 30.0 Å². The lowest BCUT2D eigenvalue weighted by Gasteiger charge is -2.47. The first kappa shape index (κ1) is 23.7. The summed E-state index contributed by atoms with van der Waals surface area (Å²) in [5.41, 5.74) is 0.473. The molecule has 1 fully saturated rings. The van der Waals surface area contributed by atoms with Crippen LogP contribution in [0.15, 0.2) is 42.6 Å². The van der Waals surface area contributed by atoms with Crippen LogP contribution in [-0.2, 0) is 4.74 Å². The topological polar surface area (TPSA) is 85.3 Å². The standard InChI is InChI=1S/C23H25F3N6O2/c1-22(2)12-32(13-23(3,4)34-22)21-28-17(24)10-18(30-21)29-19-9-15(11-27-31-19)14-5-7-16(8-6-14)33-20(25)26/h5-11,20H,12-13H2,1-4H3,(H,28,29,30,31). The summed E-state index contributed by atoms with van der Waals surface area (Å²) in [5.74, 6) is 0.158. The summed E-state index contributed by atoms with van der Waals surface area (Å²) in [5, 5.41) is 11.0. The van der Waals surface area contributed by atoms with Crippen LogP contribution in [0.25, 0.3) is 11.1 Å². The smallest absolute Gasteiger partial charge is 0.387 e. The van der Waals surface area contributed by atoms with E-state index in [-0.39, 0.29) is 17.5 Å². The molecule has 2 aromatic heterocycles. The third kappa shape index (κ3) is 5.90. The van der Waals surface area contributed by atoms with Crippen molar-refractivity contribution in [3.05, 3.63) is 48.5 Å². The SMILES string of the molecule is CC1(C)CN(c2nc(F)cc(Nc3cc(-c4ccc(OC(F)F)cc4)cnn3)n2)CC(C)(C)O1. The zero-order valence-corrected chi connectivity index (χ0v) is 19.2. The van der Waals surface area contributed by atoms with Gasteiger partial charge in [0.05, 0.1) is 17.4 Å². The number of nitrogens with zero attached hydrogens (tertiary/aromatic N) is 5. The van der Waals surface area contributed by atoms with Crippen molar-refractivity contribution >= 4 is 17.6 Å². The lowest BCUT2D eigenvalue weighted by molar-refractivity contribution is -0.133. The van der Waals surface area contributed by atoms with Gasteiger partial charge in [-0.25, -0.2) is 0 Å². The number of rotatable bonds is 6. The van der Waals surface area contributed by atoms with Gasteiger partial charge in [0.25, 0.3) is 0 Å². The highest BCUT2D eigenvalue weighted by Gasteiger charge is 2.39. The van der Waals surface area contributed by atoms with Crippen LogP contribution in [0.4, 0.5) is 30.8 Å². The van der Waals surface area contributed by atoms with Crippen molar-refractivity contribution in [2.24, 2.45) is 0 Å². The quantitative estimate of drug-likeness (QED) is 0.510. The molecule has 1 aliphatic rings. The van der Waals surface area contributed by atoms with E-state index in [9.17, 15) is 13.2 Å². The minimum Gasteiger partial charge on any atom is -0.435 e. The Balaban J connectivity index is 1.55. The second-order valence-corrected chi connectivity index (χ2v) is 9.21. The number of ether oxygens (including phenoxy) is 2. The summed E-state index contributed by atoms with van der Waals surface area (Å²) in [7, 11) is 0. The maximum absolute atomic E-state index is 14.4. The van der Waals surface area contributed by atoms with Crippen molar-refractivity contribution in [3.63, 3.8) is 0 Å². The van der Waals surface area contributed by atoms with Crippen molar-refractivity contribution in [1.82, 2.24) is 20.2 Å². The molecule has 4 rings (SSSR count). The summed E-state index contributed by atoms with van der Waals surface area (Å²) < 4.78 is 49.6. The van der Waals surface area contributed by atoms with Crippen molar-refractivity contribution in [3.8, 4) is 16.9 Å². The molecule has 34 heavy (non-hydrogen) atoms. The highest BCUT2D eigenvalue weighted by atomic mass is 19.3. The Morgan fingerprint density at radius 1 is 0.971 bits per heavy atom. The van der Waals surface area contributed by atoms with Crippen molar-refractivity contribution in [1.29, 1.82) is 0 Å². The molecule has 11 heteroatoms. The molecule has 3 aromatic rings. The van der Waals surface area contributed by atoms with Gasteiger partial charge in [0.2, 0.25) is 11.9 Å². The number of aromatic nitrogens is 4. The molecule has 8 nitrogen and oxygen atoms in total. The van der Waals surface area contributed by atoms with Gasteiger partial charge in [-0.2, -0.15) is 28.2 Å². The second-order valence-electron chi connectivity index (χ2n) is 9.21. The molecule has 180 valence electrons. The molecule has 0 bridgehead atoms. The van der Waals surface area contributed by atoms with E-state index < -0.39 is 23.8 Å². The Morgan fingerprint density at radius 2 is 1.65 bits per heavy atom. The predicted octanol–water partition coefficient (Wildman–Crippen LogP) is 4.81. The monoisotopic (exact) mass is 474 g/mol. The number of morpholine rings is 1. The molecule has 0 amide bonds. The summed E-state index contributed by atoms with van der Waals surface area (Å²) in [6, 6.07) is 8.99. The van der Waals surface area contributed by atoms with Gasteiger partial charge in [-0.15, -0.1) is 5.10 Å². The van der Waals surface area contributed by atoms with E-state index in [1.807, 2.05) is 32.6 Å². The fourth-order valence-electron chi connectivity index (χ4n) is 4.09. The van der Waals surface area contributed by atoms with Crippen LogP contribution in [0.1, 0.15) is 27.7 Å². The Bertz CT molecular complexity index is 1140. The largest absolute Gasteiger partial charge is 0.435 e. The lowest BCUT2D eigenvalue weighted by atomic mass is 9.99. The summed E-state index contributed by atoms with van der Waals surface area (Å²) in [4.78, 5) is 10.3. The average molecular weight is 474 g/mol. The molecule has 0 radical (unpaired) electrons. The molecule has 1 aliphatic heterocycles. The molecule has 0 saturated carbocycles. The van der Waals surface area contributed by atoms with Crippen LogP contribution in [0.5, 0.6) is 5.75 Å². The number of anilines is 3. The Hall–Kier alpha value is -3.47. The number of alkyl halides is 2. The number of nitrogens with one attached hydrogen (secondary N) is 1. The lowest BCUT2D eigenvalue weighted by Crippen LogP contribution is -2.57. The van der Waals surface area contributed by atoms with E-state index in [1.54, 1.807) is 18.2 Å². The predicted molar refractivity (Wildman–Crippen MR) is 121 cm³/mol. The summed E-state index contributed by atoms with van der Waals surface area (Å²) >= 11 is 0. The fraction of sp³-hybridized carbons (Fsp3) is 0.391. The third-order valence-corrected chi connectivity index (χ3v) is 4.99. The number of halogens is 3. The molecule has 0 spiro atoms. The highest BCUT2D eigenvalue weighted by molar-refractivity contribution is 5.67. The molecule has 0 unspecified atom stereocenters. The maximum Gasteiger partial charge on any atom is 0.387 e. The van der Waals surface area contributed by atoms with Gasteiger partial charge in [-0.3, -0.25) is 0 Å². The van der Waals surface area contributed by atoms with E-state index in [2.05, 4.69) is 30.2 Å². The van der Waals surface area contributed by atoms with Crippen LogP contribution in [0.2, 0.25) is 0 Å². The molecule has 1 aromatic carbocycles. The van der Waals surface area contributed by atoms with E-state index in [1.165, 1.54) is 24.4 Å². The Morgan fingerprint density at radius 3 is 2.29 bits per heavy atom. The van der Waals surface area contributed by atoms with Crippen LogP contribution in [0.3, 0.4) is 0 Å². The first-order valence-corrected chi connectivity index (χ1v) is 10.6. The van der Waals surface area contributed by atoms with E-state index in [4.69, 9.17) is 4.74 Å². The molecule has 3 heterocycles. The molecule has 1 saturated heterocycles. The van der Waals surface area contributed by atoms with Crippen LogP contribution >= 0.6 is 0 Å². The second kappa shape index (κ2) is 9.05. The summed E-state index contributed by atoms with van der Waals surface area (Å²) in [6.07, 6.45) is 1.53. The van der Waals surface area contributed by atoms with E-state index >= 15 is 0 Å². The average Bonchev–Trinajstić information content (AvgIpc) is 2.71. The number of hydrogen-bond donors (Lipinski definition) is 1.